The highest BCUT2D eigenvalue weighted by Crippen LogP contribution is 2.18. The summed E-state index contributed by atoms with van der Waals surface area (Å²) in [6.45, 7) is 7.00. The van der Waals surface area contributed by atoms with E-state index in [4.69, 9.17) is 4.74 Å². The Morgan fingerprint density at radius 1 is 0.384 bits per heavy atom. The van der Waals surface area contributed by atoms with E-state index >= 15 is 0 Å². The number of para-hydroxylation sites is 3. The van der Waals surface area contributed by atoms with Crippen molar-refractivity contribution in [2.24, 2.45) is 0 Å². The number of ether oxygens (including phenoxy) is 1. The van der Waals surface area contributed by atoms with Crippen molar-refractivity contribution in [3.8, 4) is 0 Å². The number of imidazole rings is 2. The zero-order chi connectivity index (χ0) is 50.8. The Morgan fingerprint density at radius 2 is 0.849 bits per heavy atom. The van der Waals surface area contributed by atoms with Gasteiger partial charge in [-0.25, -0.2) is 9.97 Å². The minimum absolute atomic E-state index is 1.00. The van der Waals surface area contributed by atoms with E-state index in [-0.39, 0.29) is 0 Å². The van der Waals surface area contributed by atoms with Crippen molar-refractivity contribution >= 4 is 28.0 Å². The van der Waals surface area contributed by atoms with Gasteiger partial charge in [0.15, 0.2) is 0 Å². The average Bonchev–Trinajstić information content (AvgIpc) is 4.26. The molecule has 7 fully saturated rings. The number of nitrogens with one attached hydrogen (secondary N) is 5. The first-order valence-corrected chi connectivity index (χ1v) is 29.0. The third-order valence-corrected chi connectivity index (χ3v) is 12.9. The van der Waals surface area contributed by atoms with Crippen LogP contribution >= 0.6 is 0 Å². The van der Waals surface area contributed by atoms with Crippen molar-refractivity contribution in [3.63, 3.8) is 0 Å². The number of benzene rings is 4. The largest absolute Gasteiger partial charge is 0.381 e. The van der Waals surface area contributed by atoms with Crippen LogP contribution < -0.4 is 10.6 Å². The highest BCUT2D eigenvalue weighted by molar-refractivity contribution is 5.78. The van der Waals surface area contributed by atoms with E-state index in [1.54, 1.807) is 25.0 Å². The molecule has 5 aliphatic carbocycles. The van der Waals surface area contributed by atoms with Crippen molar-refractivity contribution in [2.45, 2.75) is 173 Å². The van der Waals surface area contributed by atoms with E-state index in [0.717, 1.165) is 30.7 Å². The maximum absolute atomic E-state index is 5.07. The van der Waals surface area contributed by atoms with E-state index in [9.17, 15) is 0 Å². The summed E-state index contributed by atoms with van der Waals surface area (Å²) in [5.74, 6) is 0. The monoisotopic (exact) mass is 992 g/mol. The first-order chi connectivity index (χ1) is 36.4. The number of aromatic amines is 3. The average molecular weight is 993 g/mol. The van der Waals surface area contributed by atoms with Crippen LogP contribution in [0.25, 0.3) is 28.0 Å². The highest BCUT2D eigenvalue weighted by atomic mass is 16.5. The number of hydrogen-bond acceptors (Lipinski definition) is 5. The molecule has 4 aromatic carbocycles. The summed E-state index contributed by atoms with van der Waals surface area (Å²) in [5.41, 5.74) is 6.17. The quantitative estimate of drug-likeness (QED) is 0.104. The molecule has 0 bridgehead atoms. The molecule has 6 heterocycles. The van der Waals surface area contributed by atoms with E-state index in [1.165, 1.54) is 215 Å². The third-order valence-electron chi connectivity index (χ3n) is 12.9. The second-order valence-electron chi connectivity index (χ2n) is 19.5. The molecule has 8 nitrogen and oxygen atoms in total. The van der Waals surface area contributed by atoms with Gasteiger partial charge in [0.1, 0.15) is 0 Å². The molecule has 398 valence electrons. The SMILES string of the molecule is C1=Cc2ccccc2C1.C1CC1.C1CCC1.C1CCCC1.C1CCCCC1.C1CCNC1.C1CCNCC1.C1CCOCC1.c1c[nH]cn1.c1ccc2[nH]ccc2c1.c1ccc2[nH]cnc2c1.c1ccccc1. The van der Waals surface area contributed by atoms with Crippen LogP contribution in [0.4, 0.5) is 0 Å². The summed E-state index contributed by atoms with van der Waals surface area (Å²) in [5, 5.41) is 7.78. The van der Waals surface area contributed by atoms with Crippen LogP contribution in [-0.2, 0) is 11.2 Å². The second kappa shape index (κ2) is 45.3. The van der Waals surface area contributed by atoms with Crippen molar-refractivity contribution < 1.29 is 4.74 Å². The zero-order valence-electron chi connectivity index (χ0n) is 45.1. The molecule has 4 saturated carbocycles. The Kier molecular flexibility index (Phi) is 37.4. The number of aromatic nitrogens is 5. The predicted molar refractivity (Wildman–Crippen MR) is 315 cm³/mol. The normalized spacial score (nSPS) is 16.9. The summed E-state index contributed by atoms with van der Waals surface area (Å²) >= 11 is 0. The van der Waals surface area contributed by atoms with Gasteiger partial charge in [-0.3, -0.25) is 0 Å². The van der Waals surface area contributed by atoms with Crippen LogP contribution in [0.5, 0.6) is 0 Å². The number of allylic oxidation sites excluding steroid dienone is 1. The summed E-state index contributed by atoms with van der Waals surface area (Å²) in [6, 6.07) is 38.7. The molecular formula is C65H97N7O. The molecule has 0 atom stereocenters. The molecule has 3 saturated heterocycles. The van der Waals surface area contributed by atoms with Gasteiger partial charge in [0.25, 0.3) is 0 Å². The topological polar surface area (TPSA) is 106 Å². The molecule has 8 heteroatoms. The molecule has 0 unspecified atom stereocenters. The van der Waals surface area contributed by atoms with Crippen LogP contribution in [0.1, 0.15) is 178 Å². The van der Waals surface area contributed by atoms with Crippen LogP contribution in [0.2, 0.25) is 0 Å². The smallest absolute Gasteiger partial charge is 0.0931 e. The first kappa shape index (κ1) is 60.3. The number of fused-ring (bicyclic) bond motifs is 3. The van der Waals surface area contributed by atoms with Crippen LogP contribution in [0.3, 0.4) is 0 Å². The summed E-state index contributed by atoms with van der Waals surface area (Å²) in [7, 11) is 0. The third kappa shape index (κ3) is 34.7. The van der Waals surface area contributed by atoms with Gasteiger partial charge in [-0.05, 0) is 118 Å². The lowest BCUT2D eigenvalue weighted by molar-refractivity contribution is 0.0968. The summed E-state index contributed by atoms with van der Waals surface area (Å²) in [6.07, 6.45) is 52.2. The second-order valence-corrected chi connectivity index (χ2v) is 19.5. The fourth-order valence-corrected chi connectivity index (χ4v) is 7.98. The molecule has 0 spiro atoms. The minimum atomic E-state index is 1.00. The van der Waals surface area contributed by atoms with Gasteiger partial charge in [-0.15, -0.1) is 0 Å². The van der Waals surface area contributed by atoms with Gasteiger partial charge in [0.05, 0.1) is 23.7 Å². The number of rotatable bonds is 0. The minimum Gasteiger partial charge on any atom is -0.381 e. The van der Waals surface area contributed by atoms with Crippen molar-refractivity contribution in [2.75, 3.05) is 39.4 Å². The number of hydrogen-bond donors (Lipinski definition) is 5. The molecule has 8 aliphatic rings. The Morgan fingerprint density at radius 3 is 1.25 bits per heavy atom. The van der Waals surface area contributed by atoms with Gasteiger partial charge < -0.3 is 30.3 Å². The van der Waals surface area contributed by atoms with Crippen LogP contribution in [0, 0.1) is 0 Å². The molecule has 3 aliphatic heterocycles. The van der Waals surface area contributed by atoms with Gasteiger partial charge in [-0.2, -0.15) is 0 Å². The van der Waals surface area contributed by atoms with E-state index < -0.39 is 0 Å². The Hall–Kier alpha value is -5.28. The van der Waals surface area contributed by atoms with Gasteiger partial charge in [0, 0.05) is 37.3 Å². The molecule has 0 amide bonds. The van der Waals surface area contributed by atoms with Crippen LogP contribution in [-0.4, -0.2) is 64.3 Å². The predicted octanol–water partition coefficient (Wildman–Crippen LogP) is 17.4. The Bertz CT molecular complexity index is 1920. The van der Waals surface area contributed by atoms with E-state index in [2.05, 4.69) is 90.2 Å². The van der Waals surface area contributed by atoms with E-state index in [0.29, 0.717) is 0 Å². The van der Waals surface area contributed by atoms with Gasteiger partial charge in [-0.1, -0.05) is 225 Å². The van der Waals surface area contributed by atoms with Crippen molar-refractivity contribution in [1.82, 2.24) is 35.6 Å². The van der Waals surface area contributed by atoms with Gasteiger partial charge in [0.2, 0.25) is 0 Å². The van der Waals surface area contributed by atoms with Gasteiger partial charge >= 0.3 is 0 Å². The molecule has 5 N–H and O–H groups in total. The molecular weight excluding hydrogens is 895 g/mol. The Balaban J connectivity index is 0.000000175. The molecule has 7 aromatic rings. The lowest BCUT2D eigenvalue weighted by Crippen LogP contribution is -2.21. The lowest BCUT2D eigenvalue weighted by Gasteiger charge is -2.08. The van der Waals surface area contributed by atoms with Crippen molar-refractivity contribution in [3.05, 3.63) is 164 Å². The number of H-pyrrole nitrogens is 3. The standard InChI is InChI=1S/C9H8.C8H7N.C7H6N2.C6H12.C6H6.C5H11N.C5H10O.C5H10.C4H9N.C4H8.C3H4N2.C3H6/c1-2-5-9-7-3-6-8(9)4-1;1-2-4-8-7(3-1)5-6-9-8;1-2-4-7-6(3-1)8-5-9-7;4*1-2-4-6-5-3-1;2*1-2-4-5-3-1;1-2-4-3-1;1-2-5-3-4-1;1-2-3-1/h1-6H,7H2;1-6,9H;1-5H,(H,8,9);1-6H2;1-6H;6H,1-5H2;1-5H2;1-5H2;5H,1-4H2;1-4H2;1-3H,(H,4,5);1-3H2. The van der Waals surface area contributed by atoms with Crippen molar-refractivity contribution in [1.29, 1.82) is 0 Å². The maximum Gasteiger partial charge on any atom is 0.0931 e. The number of nitrogens with zero attached hydrogens (tertiary/aromatic N) is 2. The summed E-state index contributed by atoms with van der Waals surface area (Å²) in [4.78, 5) is 16.6. The molecule has 0 radical (unpaired) electrons. The fraction of sp³-hybridized carbons (Fsp3) is 0.508. The molecule has 73 heavy (non-hydrogen) atoms. The van der Waals surface area contributed by atoms with E-state index in [1.807, 2.05) is 79.0 Å². The fourth-order valence-electron chi connectivity index (χ4n) is 7.98. The lowest BCUT2D eigenvalue weighted by atomic mass is 10.0. The number of piperidine rings is 1. The Labute approximate surface area is 442 Å². The first-order valence-electron chi connectivity index (χ1n) is 29.0. The van der Waals surface area contributed by atoms with Crippen LogP contribution in [0.15, 0.2) is 153 Å². The zero-order valence-corrected chi connectivity index (χ0v) is 45.1. The summed E-state index contributed by atoms with van der Waals surface area (Å²) < 4.78 is 5.07. The molecule has 3 aromatic heterocycles. The molecule has 15 rings (SSSR count). The maximum atomic E-state index is 5.07. The highest BCUT2D eigenvalue weighted by Gasteiger charge is 2.01.